The minimum absolute atomic E-state index is 0.0284. The van der Waals surface area contributed by atoms with Gasteiger partial charge in [0, 0.05) is 67.1 Å². The van der Waals surface area contributed by atoms with Crippen LogP contribution in [0.15, 0.2) is 128 Å². The smallest absolute Gasteiger partial charge is 0.416 e. The number of para-hydroxylation sites is 1. The summed E-state index contributed by atoms with van der Waals surface area (Å²) in [4.78, 5) is 130. The maximum atomic E-state index is 14.5. The molecule has 6 heterocycles. The minimum Gasteiger partial charge on any atom is -0.497 e. The third-order valence-electron chi connectivity index (χ3n) is 21.1. The predicted octanol–water partition coefficient (Wildman–Crippen LogP) is 9.14. The summed E-state index contributed by atoms with van der Waals surface area (Å²) in [7, 11) is 4.62. The molecule has 1 saturated heterocycles. The first kappa shape index (κ1) is 77.2. The Balaban J connectivity index is 0.557. The molecule has 1 aliphatic carbocycles. The Hall–Kier alpha value is -12.0. The number of amides is 9. The number of nitrogens with zero attached hydrogens (tertiary/aromatic N) is 7. The van der Waals surface area contributed by atoms with Crippen molar-refractivity contribution in [2.24, 2.45) is 11.3 Å². The van der Waals surface area contributed by atoms with Gasteiger partial charge in [-0.15, -0.1) is 5.10 Å². The fraction of sp³-hybridized carbons (Fsp3) is 0.402. The number of aliphatic hydroxyl groups is 1. The first-order chi connectivity index (χ1) is 53.5. The molecule has 7 N–H and O–H groups in total. The van der Waals surface area contributed by atoms with Crippen molar-refractivity contribution in [3.63, 3.8) is 0 Å². The largest absolute Gasteiger partial charge is 0.497 e. The topological polar surface area (TPSA) is 345 Å². The summed E-state index contributed by atoms with van der Waals surface area (Å²) in [5.41, 5.74) is 8.76. The molecule has 0 bridgehead atoms. The van der Waals surface area contributed by atoms with Crippen LogP contribution in [0.3, 0.4) is 0 Å². The zero-order valence-corrected chi connectivity index (χ0v) is 63.4. The van der Waals surface area contributed by atoms with E-state index in [1.807, 2.05) is 104 Å². The summed E-state index contributed by atoms with van der Waals surface area (Å²) < 4.78 is 37.1. The Morgan fingerprint density at radius 2 is 1.35 bits per heavy atom. The highest BCUT2D eigenvalue weighted by molar-refractivity contribution is 6.07. The van der Waals surface area contributed by atoms with Crippen molar-refractivity contribution in [1.29, 1.82) is 0 Å². The molecular weight excluding hydrogens is 1420 g/mol. The molecule has 6 aliphatic rings. The zero-order valence-electron chi connectivity index (χ0n) is 63.4. The van der Waals surface area contributed by atoms with Crippen LogP contribution in [0.2, 0.25) is 0 Å². The molecule has 111 heavy (non-hydrogen) atoms. The van der Waals surface area contributed by atoms with Crippen molar-refractivity contribution in [1.82, 2.24) is 46.1 Å². The Kier molecular flexibility index (Phi) is 23.3. The monoisotopic (exact) mass is 1520 g/mol. The van der Waals surface area contributed by atoms with Crippen LogP contribution in [-0.4, -0.2) is 174 Å². The number of unbranched alkanes of at least 4 members (excludes halogenated alkanes) is 2. The van der Waals surface area contributed by atoms with Crippen molar-refractivity contribution < 1.29 is 76.7 Å². The van der Waals surface area contributed by atoms with E-state index in [0.29, 0.717) is 97.2 Å². The van der Waals surface area contributed by atoms with E-state index in [1.54, 1.807) is 66.0 Å². The van der Waals surface area contributed by atoms with E-state index in [2.05, 4.69) is 42.2 Å². The van der Waals surface area contributed by atoms with Crippen molar-refractivity contribution in [3.05, 3.63) is 155 Å². The molecule has 1 unspecified atom stereocenters. The lowest BCUT2D eigenvalue weighted by Gasteiger charge is -2.31. The van der Waals surface area contributed by atoms with E-state index in [9.17, 15) is 48.3 Å². The van der Waals surface area contributed by atoms with Gasteiger partial charge >= 0.3 is 6.09 Å². The number of fused-ring (bicyclic) bond motifs is 9. The number of carbonyl (C=O) groups excluding carboxylic acids is 9. The van der Waals surface area contributed by atoms with Crippen LogP contribution in [0.5, 0.6) is 28.7 Å². The number of rotatable bonds is 28. The van der Waals surface area contributed by atoms with E-state index < -0.39 is 79.0 Å². The van der Waals surface area contributed by atoms with Crippen molar-refractivity contribution in [2.75, 3.05) is 81.2 Å². The van der Waals surface area contributed by atoms with Gasteiger partial charge in [-0.2, -0.15) is 0 Å². The quantitative estimate of drug-likeness (QED) is 0.0225. The highest BCUT2D eigenvalue weighted by Crippen LogP contribution is 2.57. The van der Waals surface area contributed by atoms with Gasteiger partial charge in [0.1, 0.15) is 30.1 Å². The third-order valence-corrected chi connectivity index (χ3v) is 21.1. The molecule has 5 aliphatic heterocycles. The second kappa shape index (κ2) is 33.5. The number of benzene rings is 6. The van der Waals surface area contributed by atoms with Gasteiger partial charge in [-0.05, 0) is 142 Å². The molecule has 5 atom stereocenters. The molecule has 6 aromatic carbocycles. The first-order valence-corrected chi connectivity index (χ1v) is 37.6. The molecule has 1 aromatic heterocycles. The fourth-order valence-electron chi connectivity index (χ4n) is 14.8. The summed E-state index contributed by atoms with van der Waals surface area (Å²) >= 11 is 0. The summed E-state index contributed by atoms with van der Waals surface area (Å²) in [6, 6.07) is 33.0. The summed E-state index contributed by atoms with van der Waals surface area (Å²) in [6.45, 7) is 9.35. The van der Waals surface area contributed by atoms with Crippen molar-refractivity contribution >= 4 is 81.7 Å². The van der Waals surface area contributed by atoms with Gasteiger partial charge in [0.05, 0.1) is 100 Å². The first-order valence-electron chi connectivity index (χ1n) is 37.6. The number of hydrogen-bond donors (Lipinski definition) is 7. The normalized spacial score (nSPS) is 17.4. The third kappa shape index (κ3) is 16.9. The highest BCUT2D eigenvalue weighted by atomic mass is 16.6. The molecule has 29 heteroatoms. The average Bonchev–Trinajstić information content (AvgIpc) is 1.58. The number of carbonyl (C=O) groups is 9. The molecule has 7 aromatic rings. The summed E-state index contributed by atoms with van der Waals surface area (Å²) in [5.74, 6) is -2.28. The number of anilines is 4. The lowest BCUT2D eigenvalue weighted by atomic mass is 9.95. The van der Waals surface area contributed by atoms with Crippen molar-refractivity contribution in [3.8, 4) is 51.3 Å². The van der Waals surface area contributed by atoms with E-state index in [-0.39, 0.29) is 90.6 Å². The second-order valence-corrected chi connectivity index (χ2v) is 29.4. The van der Waals surface area contributed by atoms with E-state index >= 15 is 0 Å². The Bertz CT molecular complexity index is 4750. The predicted molar refractivity (Wildman–Crippen MR) is 412 cm³/mol. The van der Waals surface area contributed by atoms with E-state index in [0.717, 1.165) is 57.0 Å². The Morgan fingerprint density at radius 3 is 2.05 bits per heavy atom. The number of aromatic nitrogens is 3. The van der Waals surface area contributed by atoms with E-state index in [1.165, 1.54) is 33.3 Å². The number of nitrogens with one attached hydrogen (secondary N) is 6. The number of ether oxygens (including phenoxy) is 6. The van der Waals surface area contributed by atoms with Crippen LogP contribution in [-0.2, 0) is 46.7 Å². The molecule has 29 nitrogen and oxygen atoms in total. The maximum Gasteiger partial charge on any atom is 0.416 e. The van der Waals surface area contributed by atoms with Gasteiger partial charge in [-0.1, -0.05) is 85.8 Å². The van der Waals surface area contributed by atoms with Gasteiger partial charge in [0.2, 0.25) is 35.4 Å². The highest BCUT2D eigenvalue weighted by Gasteiger charge is 2.58. The summed E-state index contributed by atoms with van der Waals surface area (Å²) in [6.07, 6.45) is 4.03. The van der Waals surface area contributed by atoms with E-state index in [4.69, 9.17) is 28.4 Å². The second-order valence-electron chi connectivity index (χ2n) is 29.4. The number of hydrogen-bond acceptors (Lipinski definition) is 19. The molecule has 0 radical (unpaired) electrons. The molecule has 1 spiro atoms. The SMILES string of the molecule is COc1ccc(C2=CN3C(=O)c4cc(OC)c(OCCCCCOc5cc6c(cc5OC)C(=O)N5CC7(CC7)C[C@H]5C(O)N6C(=O)OCc5ccc(NC(=O)[C@H](C)NC(=O)[C@@H](NC(=O)CNC(=O)CNC(=O)CCC(=O)N6Cc7ccccc7-c7nnn(C(C)C)c7-c7ccccc76)C(C)C)cc5)cc4NC[C@@H]3C2)cc1. The fourth-order valence-corrected chi connectivity index (χ4v) is 14.8. The molecule has 2 fully saturated rings. The molecule has 9 amide bonds. The van der Waals surface area contributed by atoms with Gasteiger partial charge < -0.3 is 80.1 Å². The molecular formula is C82H93N13O16. The molecule has 1 saturated carbocycles. The zero-order chi connectivity index (χ0) is 78.4. The molecule has 13 rings (SSSR count). The average molecular weight is 1520 g/mol. The van der Waals surface area contributed by atoms with Crippen LogP contribution in [0.4, 0.5) is 27.5 Å². The molecule has 582 valence electrons. The van der Waals surface area contributed by atoms with Crippen LogP contribution in [0.25, 0.3) is 28.1 Å². The lowest BCUT2D eigenvalue weighted by molar-refractivity contribution is -0.132. The van der Waals surface area contributed by atoms with Crippen LogP contribution < -0.4 is 65.4 Å². The standard InChI is InChI=1S/C82H93N13O16/c1-47(2)73(88-71(98)42-85-70(97)41-84-69(96)28-29-72(99)92-43-52-16-10-11-17-57(52)74-75(95(48(3)4)90-89-74)58-18-12-13-19-62(58)92)77(101)86-49(5)76(100)87-54-24-20-50(21-25-54)45-111-81(105)94-63-38-68(66(108-8)36-60(63)79(103)93-46-82(30-31-82)39-64(93)80(94)104)110-33-15-9-14-32-109-67-37-61-59(35-65(67)107-7)78(102)91-44-53(34-55(91)40-83-61)51-22-26-56(106-6)27-23-51/h10-13,16-27,35-38,44,47-49,55,64,73,80,83,104H,9,14-15,28-34,39-43,45-46H2,1-8H3,(H,84,96)(H,85,97)(H,86,101)(H,87,100)(H,88,98)/t49-,55-,64-,73-,80?/m0/s1. The van der Waals surface area contributed by atoms with Gasteiger partial charge in [0.25, 0.3) is 11.8 Å². The summed E-state index contributed by atoms with van der Waals surface area (Å²) in [5, 5.41) is 37.7. The minimum atomic E-state index is -1.48. The van der Waals surface area contributed by atoms with Crippen molar-refractivity contribution in [2.45, 2.75) is 142 Å². The van der Waals surface area contributed by atoms with Gasteiger partial charge in [-0.3, -0.25) is 38.4 Å². The Labute approximate surface area is 642 Å². The lowest BCUT2D eigenvalue weighted by Crippen LogP contribution is -2.55. The van der Waals surface area contributed by atoms with Gasteiger partial charge in [0.15, 0.2) is 29.2 Å². The van der Waals surface area contributed by atoms with Crippen LogP contribution in [0.1, 0.15) is 136 Å². The van der Waals surface area contributed by atoms with Crippen LogP contribution >= 0.6 is 0 Å². The Morgan fingerprint density at radius 1 is 0.676 bits per heavy atom. The number of aliphatic hydroxyl groups excluding tert-OH is 1. The van der Waals surface area contributed by atoms with Crippen LogP contribution in [0, 0.1) is 11.3 Å². The van der Waals surface area contributed by atoms with Gasteiger partial charge in [-0.25, -0.2) is 14.4 Å². The number of methoxy groups -OCH3 is 3. The maximum absolute atomic E-state index is 14.5.